The molecule has 4 rings (SSSR count). The molecule has 0 bridgehead atoms. The van der Waals surface area contributed by atoms with Crippen LogP contribution in [0, 0.1) is 13.8 Å². The third-order valence-corrected chi connectivity index (χ3v) is 7.99. The maximum absolute atomic E-state index is 12.7. The Hall–Kier alpha value is -2.85. The van der Waals surface area contributed by atoms with Crippen LogP contribution in [-0.2, 0) is 36.0 Å². The summed E-state index contributed by atoms with van der Waals surface area (Å²) >= 11 is 2.76. The molecular weight excluding hydrogens is 472 g/mol. The molecule has 34 heavy (non-hydrogen) atoms. The van der Waals surface area contributed by atoms with Crippen molar-refractivity contribution in [3.05, 3.63) is 51.2 Å². The highest BCUT2D eigenvalue weighted by molar-refractivity contribution is 7.99. The van der Waals surface area contributed by atoms with Crippen LogP contribution in [0.3, 0.4) is 0 Å². The first-order valence-electron chi connectivity index (χ1n) is 11.1. The highest BCUT2D eigenvalue weighted by Gasteiger charge is 2.27. The van der Waals surface area contributed by atoms with Gasteiger partial charge in [-0.25, -0.2) is 4.79 Å². The molecule has 8 nitrogen and oxygen atoms in total. The number of nitrogens with zero attached hydrogens (tertiary/aromatic N) is 3. The van der Waals surface area contributed by atoms with E-state index in [0.717, 1.165) is 47.4 Å². The average Bonchev–Trinajstić information content (AvgIpc) is 3.36. The lowest BCUT2D eigenvalue weighted by Gasteiger charge is -2.11. The molecule has 1 aliphatic rings. The summed E-state index contributed by atoms with van der Waals surface area (Å²) in [7, 11) is 3.22. The number of hydrogen-bond donors (Lipinski definition) is 1. The lowest BCUT2D eigenvalue weighted by Crippen LogP contribution is -2.17. The van der Waals surface area contributed by atoms with E-state index in [1.807, 2.05) is 37.6 Å². The molecule has 1 N–H and O–H groups in total. The summed E-state index contributed by atoms with van der Waals surface area (Å²) < 4.78 is 12.7. The third kappa shape index (κ3) is 5.28. The molecule has 1 aromatic carbocycles. The van der Waals surface area contributed by atoms with E-state index in [4.69, 9.17) is 9.47 Å². The van der Waals surface area contributed by atoms with Crippen LogP contribution >= 0.6 is 23.1 Å². The Kier molecular flexibility index (Phi) is 7.57. The molecule has 2 aromatic heterocycles. The number of nitrogens with one attached hydrogen (secondary N) is 1. The van der Waals surface area contributed by atoms with E-state index in [1.165, 1.54) is 35.8 Å². The number of ether oxygens (including phenoxy) is 2. The van der Waals surface area contributed by atoms with Gasteiger partial charge in [-0.3, -0.25) is 4.79 Å². The van der Waals surface area contributed by atoms with Crippen molar-refractivity contribution in [2.24, 2.45) is 7.05 Å². The number of aromatic nitrogens is 3. The Morgan fingerprint density at radius 3 is 2.76 bits per heavy atom. The number of amides is 1. The first-order chi connectivity index (χ1) is 16.4. The van der Waals surface area contributed by atoms with Gasteiger partial charge in [-0.1, -0.05) is 29.5 Å². The van der Waals surface area contributed by atoms with E-state index < -0.39 is 5.97 Å². The van der Waals surface area contributed by atoms with Gasteiger partial charge in [0.2, 0.25) is 5.91 Å². The zero-order chi connectivity index (χ0) is 24.2. The molecule has 1 amide bonds. The van der Waals surface area contributed by atoms with Crippen molar-refractivity contribution in [3.63, 3.8) is 0 Å². The lowest BCUT2D eigenvalue weighted by molar-refractivity contribution is -0.113. The van der Waals surface area contributed by atoms with Crippen molar-refractivity contribution in [2.75, 3.05) is 18.2 Å². The monoisotopic (exact) mass is 500 g/mol. The Morgan fingerprint density at radius 2 is 2.00 bits per heavy atom. The van der Waals surface area contributed by atoms with Crippen molar-refractivity contribution in [1.29, 1.82) is 0 Å². The van der Waals surface area contributed by atoms with Crippen molar-refractivity contribution < 1.29 is 19.1 Å². The Morgan fingerprint density at radius 1 is 1.21 bits per heavy atom. The molecule has 0 atom stereocenters. The number of carbonyl (C=O) groups excluding carboxylic acids is 2. The molecule has 3 aromatic rings. The summed E-state index contributed by atoms with van der Waals surface area (Å²) in [4.78, 5) is 26.2. The van der Waals surface area contributed by atoms with Crippen LogP contribution in [0.5, 0.6) is 5.75 Å². The maximum atomic E-state index is 12.7. The molecule has 0 aliphatic heterocycles. The fraction of sp³-hybridized carbons (Fsp3) is 0.417. The van der Waals surface area contributed by atoms with Gasteiger partial charge in [-0.15, -0.1) is 21.5 Å². The number of hydrogen-bond acceptors (Lipinski definition) is 8. The highest BCUT2D eigenvalue weighted by Crippen LogP contribution is 2.38. The molecule has 0 saturated heterocycles. The molecule has 0 radical (unpaired) electrons. The smallest absolute Gasteiger partial charge is 0.341 e. The van der Waals surface area contributed by atoms with Crippen molar-refractivity contribution in [2.45, 2.75) is 51.3 Å². The second kappa shape index (κ2) is 10.6. The molecule has 180 valence electrons. The number of rotatable bonds is 8. The van der Waals surface area contributed by atoms with Gasteiger partial charge in [-0.2, -0.15) is 0 Å². The number of fused-ring (bicyclic) bond motifs is 1. The quantitative estimate of drug-likeness (QED) is 0.360. The van der Waals surface area contributed by atoms with E-state index in [-0.39, 0.29) is 18.3 Å². The summed E-state index contributed by atoms with van der Waals surface area (Å²) in [6.07, 6.45) is 3.91. The van der Waals surface area contributed by atoms with Crippen LogP contribution in [0.25, 0.3) is 0 Å². The molecule has 0 spiro atoms. The predicted octanol–water partition coefficient (Wildman–Crippen LogP) is 4.47. The van der Waals surface area contributed by atoms with Gasteiger partial charge in [0, 0.05) is 11.9 Å². The summed E-state index contributed by atoms with van der Waals surface area (Å²) in [5.74, 6) is 1.02. The SMILES string of the molecule is COC(=O)c1c(NC(=O)CSc2nnc(COc3ccc(C)cc3C)n2C)sc2c1CCCC2. The van der Waals surface area contributed by atoms with Gasteiger partial charge >= 0.3 is 5.97 Å². The first kappa shape index (κ1) is 24.3. The molecule has 1 aliphatic carbocycles. The Bertz CT molecular complexity index is 1220. The standard InChI is InChI=1S/C24H28N4O4S2/c1-14-9-10-17(15(2)11-14)32-12-19-26-27-24(28(19)3)33-13-20(29)25-22-21(23(30)31-4)16-7-5-6-8-18(16)34-22/h9-11H,5-8,12-13H2,1-4H3,(H,25,29). The maximum Gasteiger partial charge on any atom is 0.341 e. The van der Waals surface area contributed by atoms with Crippen molar-refractivity contribution >= 4 is 40.0 Å². The van der Waals surface area contributed by atoms with E-state index >= 15 is 0 Å². The normalized spacial score (nSPS) is 12.8. The number of methoxy groups -OCH3 is 1. The third-order valence-electron chi connectivity index (χ3n) is 5.76. The lowest BCUT2D eigenvalue weighted by atomic mass is 9.95. The predicted molar refractivity (Wildman–Crippen MR) is 133 cm³/mol. The van der Waals surface area contributed by atoms with E-state index in [9.17, 15) is 9.59 Å². The van der Waals surface area contributed by atoms with E-state index in [0.29, 0.717) is 21.5 Å². The zero-order valence-corrected chi connectivity index (χ0v) is 21.4. The minimum atomic E-state index is -0.399. The van der Waals surface area contributed by atoms with Gasteiger partial charge in [0.1, 0.15) is 17.4 Å². The summed E-state index contributed by atoms with van der Waals surface area (Å²) in [6, 6.07) is 6.03. The molecule has 0 saturated carbocycles. The minimum Gasteiger partial charge on any atom is -0.485 e. The number of carbonyl (C=O) groups is 2. The van der Waals surface area contributed by atoms with Crippen molar-refractivity contribution in [1.82, 2.24) is 14.8 Å². The van der Waals surface area contributed by atoms with Crippen LogP contribution in [0.1, 0.15) is 50.6 Å². The van der Waals surface area contributed by atoms with Gasteiger partial charge < -0.3 is 19.4 Å². The number of thioether (sulfide) groups is 1. The second-order valence-corrected chi connectivity index (χ2v) is 10.3. The average molecular weight is 501 g/mol. The van der Waals surface area contributed by atoms with Crippen LogP contribution < -0.4 is 10.1 Å². The number of esters is 1. The fourth-order valence-electron chi connectivity index (χ4n) is 3.96. The Labute approximate surface area is 207 Å². The zero-order valence-electron chi connectivity index (χ0n) is 19.8. The number of anilines is 1. The van der Waals surface area contributed by atoms with Crippen LogP contribution in [-0.4, -0.2) is 39.5 Å². The molecular formula is C24H28N4O4S2. The van der Waals surface area contributed by atoms with Gasteiger partial charge in [0.25, 0.3) is 0 Å². The summed E-state index contributed by atoms with van der Waals surface area (Å²) in [5.41, 5.74) is 3.77. The summed E-state index contributed by atoms with van der Waals surface area (Å²) in [5, 5.41) is 12.5. The van der Waals surface area contributed by atoms with E-state index in [2.05, 4.69) is 21.6 Å². The fourth-order valence-corrected chi connectivity index (χ4v) is 5.99. The molecule has 10 heteroatoms. The number of benzene rings is 1. The van der Waals surface area contributed by atoms with Gasteiger partial charge in [-0.05, 0) is 56.7 Å². The van der Waals surface area contributed by atoms with Crippen LogP contribution in [0.2, 0.25) is 0 Å². The highest BCUT2D eigenvalue weighted by atomic mass is 32.2. The summed E-state index contributed by atoms with van der Waals surface area (Å²) in [6.45, 7) is 4.33. The second-order valence-electron chi connectivity index (χ2n) is 8.26. The van der Waals surface area contributed by atoms with E-state index in [1.54, 1.807) is 0 Å². The minimum absolute atomic E-state index is 0.146. The van der Waals surface area contributed by atoms with Gasteiger partial charge in [0.15, 0.2) is 11.0 Å². The molecule has 0 unspecified atom stereocenters. The Balaban J connectivity index is 1.37. The van der Waals surface area contributed by atoms with Gasteiger partial charge in [0.05, 0.1) is 18.4 Å². The largest absolute Gasteiger partial charge is 0.485 e. The first-order valence-corrected chi connectivity index (χ1v) is 12.9. The topological polar surface area (TPSA) is 95.3 Å². The van der Waals surface area contributed by atoms with Crippen LogP contribution in [0.4, 0.5) is 5.00 Å². The molecule has 2 heterocycles. The number of aryl methyl sites for hydroxylation is 3. The number of thiophene rings is 1. The van der Waals surface area contributed by atoms with Crippen LogP contribution in [0.15, 0.2) is 23.4 Å². The molecule has 0 fully saturated rings. The van der Waals surface area contributed by atoms with Crippen molar-refractivity contribution in [3.8, 4) is 5.75 Å².